The van der Waals surface area contributed by atoms with E-state index in [1.165, 1.54) is 0 Å². The number of anilines is 1. The number of urea groups is 1. The van der Waals surface area contributed by atoms with Crippen molar-refractivity contribution in [2.24, 2.45) is 0 Å². The van der Waals surface area contributed by atoms with E-state index in [-0.39, 0.29) is 19.5 Å². The number of halogens is 3. The number of carbonyl (C=O) groups is 2. The minimum Gasteiger partial charge on any atom is -0.335 e. The number of nitrogens with zero attached hydrogens (tertiary/aromatic N) is 1. The zero-order valence-corrected chi connectivity index (χ0v) is 12.6. The molecule has 0 aromatic heterocycles. The van der Waals surface area contributed by atoms with Gasteiger partial charge in [0.1, 0.15) is 0 Å². The lowest BCUT2D eigenvalue weighted by Gasteiger charge is -2.16. The average molecular weight is 362 g/mol. The van der Waals surface area contributed by atoms with Gasteiger partial charge in [0.25, 0.3) is 5.92 Å². The maximum absolute atomic E-state index is 13.0. The molecule has 114 valence electrons. The highest BCUT2D eigenvalue weighted by atomic mass is 79.9. The van der Waals surface area contributed by atoms with E-state index >= 15 is 0 Å². The summed E-state index contributed by atoms with van der Waals surface area (Å²) in [7, 11) is 0. The Balaban J connectivity index is 1.76. The second-order valence-electron chi connectivity index (χ2n) is 4.74. The van der Waals surface area contributed by atoms with Gasteiger partial charge in [-0.2, -0.15) is 0 Å². The molecule has 1 aromatic carbocycles. The van der Waals surface area contributed by atoms with Crippen LogP contribution in [0.3, 0.4) is 0 Å². The molecule has 21 heavy (non-hydrogen) atoms. The van der Waals surface area contributed by atoms with E-state index in [4.69, 9.17) is 0 Å². The van der Waals surface area contributed by atoms with Crippen LogP contribution in [0.2, 0.25) is 0 Å². The number of nitrogens with one attached hydrogen (secondary N) is 2. The molecule has 8 heteroatoms. The second kappa shape index (κ2) is 6.38. The van der Waals surface area contributed by atoms with Gasteiger partial charge in [0.15, 0.2) is 0 Å². The third-order valence-corrected chi connectivity index (χ3v) is 3.55. The lowest BCUT2D eigenvalue weighted by Crippen LogP contribution is -2.41. The summed E-state index contributed by atoms with van der Waals surface area (Å²) in [6, 6.07) is 6.33. The van der Waals surface area contributed by atoms with Crippen LogP contribution in [-0.2, 0) is 4.79 Å². The number of hydrogen-bond acceptors (Lipinski definition) is 2. The van der Waals surface area contributed by atoms with Crippen LogP contribution in [0, 0.1) is 0 Å². The summed E-state index contributed by atoms with van der Waals surface area (Å²) in [5, 5.41) is 4.89. The average Bonchev–Trinajstić information content (AvgIpc) is 2.79. The van der Waals surface area contributed by atoms with Gasteiger partial charge in [-0.15, -0.1) is 0 Å². The van der Waals surface area contributed by atoms with Crippen molar-refractivity contribution in [2.75, 3.05) is 25.0 Å². The Morgan fingerprint density at radius 3 is 2.52 bits per heavy atom. The third-order valence-electron chi connectivity index (χ3n) is 3.02. The van der Waals surface area contributed by atoms with Gasteiger partial charge in [0, 0.05) is 23.1 Å². The number of likely N-dealkylation sites (tertiary alicyclic amines) is 1. The van der Waals surface area contributed by atoms with Crippen LogP contribution in [0.15, 0.2) is 28.7 Å². The zero-order chi connectivity index (χ0) is 15.5. The Kier molecular flexibility index (Phi) is 4.76. The van der Waals surface area contributed by atoms with Crippen molar-refractivity contribution < 1.29 is 18.4 Å². The highest BCUT2D eigenvalue weighted by Gasteiger charge is 2.40. The van der Waals surface area contributed by atoms with Crippen molar-refractivity contribution in [1.82, 2.24) is 10.2 Å². The van der Waals surface area contributed by atoms with E-state index in [1.807, 2.05) is 0 Å². The first kappa shape index (κ1) is 15.7. The van der Waals surface area contributed by atoms with E-state index in [9.17, 15) is 18.4 Å². The molecular formula is C13H14BrF2N3O2. The molecule has 1 fully saturated rings. The Bertz CT molecular complexity index is 537. The summed E-state index contributed by atoms with van der Waals surface area (Å²) in [5.74, 6) is -3.34. The minimum absolute atomic E-state index is 0.0157. The Morgan fingerprint density at radius 1 is 1.29 bits per heavy atom. The van der Waals surface area contributed by atoms with Crippen LogP contribution in [0.1, 0.15) is 6.42 Å². The van der Waals surface area contributed by atoms with Gasteiger partial charge in [-0.25, -0.2) is 13.6 Å². The zero-order valence-electron chi connectivity index (χ0n) is 11.0. The molecule has 2 N–H and O–H groups in total. The molecule has 0 radical (unpaired) electrons. The molecular weight excluding hydrogens is 348 g/mol. The first-order valence-corrected chi connectivity index (χ1v) is 7.11. The molecule has 1 heterocycles. The van der Waals surface area contributed by atoms with Gasteiger partial charge in [-0.3, -0.25) is 4.79 Å². The Labute approximate surface area is 128 Å². The number of hydrogen-bond donors (Lipinski definition) is 2. The maximum atomic E-state index is 13.0. The molecule has 0 atom stereocenters. The highest BCUT2D eigenvalue weighted by molar-refractivity contribution is 9.10. The Hall–Kier alpha value is -1.70. The van der Waals surface area contributed by atoms with Crippen molar-refractivity contribution in [3.8, 4) is 0 Å². The van der Waals surface area contributed by atoms with Gasteiger partial charge in [0.2, 0.25) is 5.91 Å². The number of rotatable bonds is 3. The fraction of sp³-hybridized carbons (Fsp3) is 0.385. The topological polar surface area (TPSA) is 61.4 Å². The van der Waals surface area contributed by atoms with Gasteiger partial charge < -0.3 is 15.5 Å². The first-order chi connectivity index (χ1) is 9.85. The predicted molar refractivity (Wildman–Crippen MR) is 77.3 cm³/mol. The summed E-state index contributed by atoms with van der Waals surface area (Å²) in [5.41, 5.74) is 0.566. The van der Waals surface area contributed by atoms with Crippen LogP contribution in [0.5, 0.6) is 0 Å². The van der Waals surface area contributed by atoms with Gasteiger partial charge >= 0.3 is 6.03 Å². The van der Waals surface area contributed by atoms with Gasteiger partial charge in [-0.05, 0) is 24.3 Å². The first-order valence-electron chi connectivity index (χ1n) is 6.32. The van der Waals surface area contributed by atoms with E-state index in [2.05, 4.69) is 26.6 Å². The van der Waals surface area contributed by atoms with E-state index in [0.717, 1.165) is 9.37 Å². The van der Waals surface area contributed by atoms with Crippen LogP contribution < -0.4 is 10.6 Å². The molecule has 2 rings (SSSR count). The summed E-state index contributed by atoms with van der Waals surface area (Å²) in [6.07, 6.45) is -0.330. The molecule has 0 aliphatic carbocycles. The van der Waals surface area contributed by atoms with Crippen molar-refractivity contribution in [3.05, 3.63) is 28.7 Å². The summed E-state index contributed by atoms with van der Waals surface area (Å²) >= 11 is 3.27. The largest absolute Gasteiger partial charge is 0.335 e. The van der Waals surface area contributed by atoms with Crippen molar-refractivity contribution in [1.29, 1.82) is 0 Å². The second-order valence-corrected chi connectivity index (χ2v) is 5.65. The molecule has 1 saturated heterocycles. The fourth-order valence-electron chi connectivity index (χ4n) is 1.92. The molecule has 1 aromatic rings. The van der Waals surface area contributed by atoms with Crippen molar-refractivity contribution in [2.45, 2.75) is 12.3 Å². The third kappa shape index (κ3) is 4.66. The van der Waals surface area contributed by atoms with Gasteiger partial charge in [-0.1, -0.05) is 15.9 Å². The molecule has 3 amide bonds. The normalized spacial score (nSPS) is 16.6. The minimum atomic E-state index is -2.82. The monoisotopic (exact) mass is 361 g/mol. The van der Waals surface area contributed by atoms with Crippen molar-refractivity contribution >= 4 is 33.6 Å². The number of benzene rings is 1. The molecule has 0 unspecified atom stereocenters. The maximum Gasteiger partial charge on any atom is 0.319 e. The lowest BCUT2D eigenvalue weighted by atomic mass is 10.3. The van der Waals surface area contributed by atoms with E-state index < -0.39 is 24.4 Å². The van der Waals surface area contributed by atoms with Gasteiger partial charge in [0.05, 0.1) is 13.1 Å². The number of amides is 3. The standard InChI is InChI=1S/C13H14BrF2N3O2/c14-9-1-3-10(4-2-9)18-12(21)17-7-11(20)19-6-5-13(15,16)8-19/h1-4H,5-8H2,(H2,17,18,21). The van der Waals surface area contributed by atoms with Crippen LogP contribution in [-0.4, -0.2) is 42.4 Å². The van der Waals surface area contributed by atoms with Crippen LogP contribution in [0.4, 0.5) is 19.3 Å². The quantitative estimate of drug-likeness (QED) is 0.868. The van der Waals surface area contributed by atoms with Crippen LogP contribution in [0.25, 0.3) is 0 Å². The molecule has 1 aliphatic heterocycles. The summed E-state index contributed by atoms with van der Waals surface area (Å²) in [4.78, 5) is 24.3. The molecule has 0 saturated carbocycles. The predicted octanol–water partition coefficient (Wildman–Crippen LogP) is 2.44. The Morgan fingerprint density at radius 2 is 1.95 bits per heavy atom. The van der Waals surface area contributed by atoms with E-state index in [1.54, 1.807) is 24.3 Å². The SMILES string of the molecule is O=C(NCC(=O)N1CCC(F)(F)C1)Nc1ccc(Br)cc1. The van der Waals surface area contributed by atoms with Crippen LogP contribution >= 0.6 is 15.9 Å². The molecule has 5 nitrogen and oxygen atoms in total. The lowest BCUT2D eigenvalue weighted by molar-refractivity contribution is -0.130. The van der Waals surface area contributed by atoms with E-state index in [0.29, 0.717) is 5.69 Å². The van der Waals surface area contributed by atoms with Crippen molar-refractivity contribution in [3.63, 3.8) is 0 Å². The molecule has 0 bridgehead atoms. The summed E-state index contributed by atoms with van der Waals surface area (Å²) < 4.78 is 26.8. The smallest absolute Gasteiger partial charge is 0.319 e. The highest BCUT2D eigenvalue weighted by Crippen LogP contribution is 2.26. The number of carbonyl (C=O) groups excluding carboxylic acids is 2. The molecule has 1 aliphatic rings. The summed E-state index contributed by atoms with van der Waals surface area (Å²) in [6.45, 7) is -0.873. The fourth-order valence-corrected chi connectivity index (χ4v) is 2.19. The molecule has 0 spiro atoms. The number of alkyl halides is 2.